The molecule has 178 valence electrons. The first-order valence-electron chi connectivity index (χ1n) is 10.4. The van der Waals surface area contributed by atoms with Crippen molar-refractivity contribution < 1.29 is 14.3 Å². The van der Waals surface area contributed by atoms with E-state index < -0.39 is 5.82 Å². The van der Waals surface area contributed by atoms with E-state index in [4.69, 9.17) is 28.9 Å². The summed E-state index contributed by atoms with van der Waals surface area (Å²) in [5, 5.41) is 16.4. The summed E-state index contributed by atoms with van der Waals surface area (Å²) in [4.78, 5) is 20.7. The van der Waals surface area contributed by atoms with Gasteiger partial charge in [0.1, 0.15) is 12.4 Å². The van der Waals surface area contributed by atoms with Crippen molar-refractivity contribution in [3.63, 3.8) is 0 Å². The Kier molecular flexibility index (Phi) is 10.5. The summed E-state index contributed by atoms with van der Waals surface area (Å²) in [6.45, 7) is 1.94. The van der Waals surface area contributed by atoms with E-state index in [0.29, 0.717) is 36.0 Å². The highest BCUT2D eigenvalue weighted by molar-refractivity contribution is 6.35. The molecule has 2 aromatic rings. The van der Waals surface area contributed by atoms with Crippen LogP contribution in [-0.4, -0.2) is 52.8 Å². The second-order valence-electron chi connectivity index (χ2n) is 7.40. The fourth-order valence-corrected chi connectivity index (χ4v) is 3.95. The van der Waals surface area contributed by atoms with Crippen LogP contribution in [0.1, 0.15) is 25.7 Å². The molecule has 0 bridgehead atoms. The van der Waals surface area contributed by atoms with Crippen LogP contribution in [0.4, 0.5) is 21.7 Å². The number of carbonyl (C=O) groups is 1. The van der Waals surface area contributed by atoms with Crippen LogP contribution in [0.2, 0.25) is 10.0 Å². The number of rotatable bonds is 3. The minimum atomic E-state index is -0.575. The smallest absolute Gasteiger partial charge is 0.242 e. The zero-order valence-corrected chi connectivity index (χ0v) is 19.5. The number of nitrogens with two attached hydrogens (primary N) is 1. The molecule has 1 amide bonds. The Bertz CT molecular complexity index is 933. The van der Waals surface area contributed by atoms with E-state index in [2.05, 4.69) is 33.4 Å². The predicted octanol–water partition coefficient (Wildman–Crippen LogP) is 3.09. The number of aromatic nitrogens is 2. The molecule has 2 aliphatic heterocycles. The summed E-state index contributed by atoms with van der Waals surface area (Å²) in [7, 11) is 0. The van der Waals surface area contributed by atoms with Gasteiger partial charge in [0.15, 0.2) is 11.6 Å². The number of benzene rings is 1. The van der Waals surface area contributed by atoms with Crippen molar-refractivity contribution >= 4 is 46.4 Å². The molecule has 0 spiro atoms. The van der Waals surface area contributed by atoms with Crippen molar-refractivity contribution in [3.05, 3.63) is 40.4 Å². The van der Waals surface area contributed by atoms with E-state index in [1.807, 2.05) is 0 Å². The van der Waals surface area contributed by atoms with Gasteiger partial charge in [0.05, 0.1) is 6.10 Å². The van der Waals surface area contributed by atoms with Gasteiger partial charge in [-0.05, 0) is 43.9 Å². The fourth-order valence-electron chi connectivity index (χ4n) is 3.42. The molecule has 8 nitrogen and oxygen atoms in total. The Balaban J connectivity index is 0.000000218. The second kappa shape index (κ2) is 13.0. The lowest BCUT2D eigenvalue weighted by molar-refractivity contribution is -0.123. The SMILES string of the molecule is C#C.Nc1ncnc(N2CCC(O)CC2)c1F.O=C1NCCC[C@H]1Nc1cc(Cl)cc(Cl)c1. The molecule has 3 heterocycles. The van der Waals surface area contributed by atoms with Gasteiger partial charge in [-0.1, -0.05) is 23.2 Å². The van der Waals surface area contributed by atoms with Gasteiger partial charge in [0, 0.05) is 35.4 Å². The van der Waals surface area contributed by atoms with Gasteiger partial charge in [-0.25, -0.2) is 9.97 Å². The number of aliphatic hydroxyl groups is 1. The number of carbonyl (C=O) groups excluding carboxylic acids is 1. The maximum Gasteiger partial charge on any atom is 0.242 e. The average molecular weight is 497 g/mol. The van der Waals surface area contributed by atoms with Gasteiger partial charge in [0.2, 0.25) is 11.7 Å². The maximum atomic E-state index is 13.5. The van der Waals surface area contributed by atoms with Crippen molar-refractivity contribution in [1.29, 1.82) is 0 Å². The van der Waals surface area contributed by atoms with Crippen LogP contribution in [0.5, 0.6) is 0 Å². The zero-order valence-electron chi connectivity index (χ0n) is 18.0. The van der Waals surface area contributed by atoms with Crippen molar-refractivity contribution in [2.45, 2.75) is 37.8 Å². The summed E-state index contributed by atoms with van der Waals surface area (Å²) >= 11 is 11.8. The third-order valence-electron chi connectivity index (χ3n) is 5.05. The van der Waals surface area contributed by atoms with Gasteiger partial charge in [-0.2, -0.15) is 4.39 Å². The Morgan fingerprint density at radius 3 is 2.39 bits per heavy atom. The molecule has 0 radical (unpaired) electrons. The lowest BCUT2D eigenvalue weighted by Gasteiger charge is -2.30. The topological polar surface area (TPSA) is 116 Å². The van der Waals surface area contributed by atoms with Crippen LogP contribution in [0, 0.1) is 18.7 Å². The quantitative estimate of drug-likeness (QED) is 0.482. The molecular formula is C22H27Cl2FN6O2. The summed E-state index contributed by atoms with van der Waals surface area (Å²) in [5.41, 5.74) is 6.13. The Labute approximate surface area is 202 Å². The minimum absolute atomic E-state index is 0.0300. The highest BCUT2D eigenvalue weighted by Gasteiger charge is 2.22. The molecule has 5 N–H and O–H groups in total. The summed E-state index contributed by atoms with van der Waals surface area (Å²) < 4.78 is 13.5. The molecule has 2 fully saturated rings. The van der Waals surface area contributed by atoms with Crippen LogP contribution < -0.4 is 21.3 Å². The molecule has 1 atom stereocenters. The number of aliphatic hydroxyl groups excluding tert-OH is 1. The monoisotopic (exact) mass is 496 g/mol. The van der Waals surface area contributed by atoms with Crippen molar-refractivity contribution in [1.82, 2.24) is 15.3 Å². The largest absolute Gasteiger partial charge is 0.393 e. The van der Waals surface area contributed by atoms with E-state index in [-0.39, 0.29) is 29.7 Å². The average Bonchev–Trinajstić information content (AvgIpc) is 2.79. The predicted molar refractivity (Wildman–Crippen MR) is 130 cm³/mol. The molecule has 11 heteroatoms. The first kappa shape index (κ1) is 26.5. The summed E-state index contributed by atoms with van der Waals surface area (Å²) in [6, 6.07) is 4.99. The van der Waals surface area contributed by atoms with E-state index in [9.17, 15) is 14.3 Å². The van der Waals surface area contributed by atoms with Crippen molar-refractivity contribution in [2.75, 3.05) is 35.6 Å². The van der Waals surface area contributed by atoms with Crippen LogP contribution in [0.15, 0.2) is 24.5 Å². The Morgan fingerprint density at radius 2 is 1.79 bits per heavy atom. The van der Waals surface area contributed by atoms with Crippen LogP contribution in [0.25, 0.3) is 0 Å². The molecule has 0 unspecified atom stereocenters. The van der Waals surface area contributed by atoms with Gasteiger partial charge in [-0.15, -0.1) is 12.8 Å². The fraction of sp³-hybridized carbons (Fsp3) is 0.409. The number of amides is 1. The number of halogens is 3. The maximum absolute atomic E-state index is 13.5. The summed E-state index contributed by atoms with van der Waals surface area (Å²) in [5.74, 6) is -0.447. The Hall–Kier alpha value is -2.80. The van der Waals surface area contributed by atoms with Gasteiger partial charge in [0.25, 0.3) is 0 Å². The molecule has 1 aromatic carbocycles. The lowest BCUT2D eigenvalue weighted by Crippen LogP contribution is -2.44. The number of terminal acetylenes is 1. The number of piperidine rings is 2. The zero-order chi connectivity index (χ0) is 24.4. The molecular weight excluding hydrogens is 470 g/mol. The van der Waals surface area contributed by atoms with Gasteiger partial charge < -0.3 is 26.4 Å². The normalized spacial score (nSPS) is 18.2. The van der Waals surface area contributed by atoms with E-state index in [1.54, 1.807) is 23.1 Å². The van der Waals surface area contributed by atoms with Crippen molar-refractivity contribution in [2.24, 2.45) is 0 Å². The first-order valence-corrected chi connectivity index (χ1v) is 11.1. The first-order chi connectivity index (χ1) is 15.8. The highest BCUT2D eigenvalue weighted by Crippen LogP contribution is 2.24. The molecule has 1 aromatic heterocycles. The lowest BCUT2D eigenvalue weighted by atomic mass is 10.1. The van der Waals surface area contributed by atoms with Crippen molar-refractivity contribution in [3.8, 4) is 12.8 Å². The number of nitrogens with zero attached hydrogens (tertiary/aromatic N) is 3. The van der Waals surface area contributed by atoms with Crippen LogP contribution in [-0.2, 0) is 4.79 Å². The molecule has 33 heavy (non-hydrogen) atoms. The third kappa shape index (κ3) is 7.93. The van der Waals surface area contributed by atoms with Crippen LogP contribution >= 0.6 is 23.2 Å². The number of anilines is 3. The molecule has 0 aliphatic carbocycles. The molecule has 2 saturated heterocycles. The number of hydrogen-bond acceptors (Lipinski definition) is 7. The number of nitrogens with one attached hydrogen (secondary N) is 2. The van der Waals surface area contributed by atoms with E-state index in [0.717, 1.165) is 25.1 Å². The van der Waals surface area contributed by atoms with Gasteiger partial charge >= 0.3 is 0 Å². The standard InChI is InChI=1S/C11H12Cl2N2O.C9H13FN4O.C2H2/c12-7-4-8(13)6-9(5-7)15-10-2-1-3-14-11(10)16;10-7-8(11)12-5-13-9(7)14-3-1-6(15)2-4-14;1-2/h4-6,10,15H,1-3H2,(H,14,16);5-6,15H,1-4H2,(H2,11,12,13);1-2H/t10-;;/m1../s1. The third-order valence-corrected chi connectivity index (χ3v) is 5.49. The second-order valence-corrected chi connectivity index (χ2v) is 8.28. The highest BCUT2D eigenvalue weighted by atomic mass is 35.5. The van der Waals surface area contributed by atoms with Crippen LogP contribution in [0.3, 0.4) is 0 Å². The molecule has 2 aliphatic rings. The van der Waals surface area contributed by atoms with Gasteiger partial charge in [-0.3, -0.25) is 4.79 Å². The van der Waals surface area contributed by atoms with E-state index in [1.165, 1.54) is 6.33 Å². The Morgan fingerprint density at radius 1 is 1.15 bits per heavy atom. The summed E-state index contributed by atoms with van der Waals surface area (Å²) in [6.07, 6.45) is 12.0. The number of nitrogen functional groups attached to an aromatic ring is 1. The minimum Gasteiger partial charge on any atom is -0.393 e. The molecule has 0 saturated carbocycles. The number of hydrogen-bond donors (Lipinski definition) is 4. The van der Waals surface area contributed by atoms with E-state index >= 15 is 0 Å². The molecule has 4 rings (SSSR count).